The van der Waals surface area contributed by atoms with Gasteiger partial charge in [-0.3, -0.25) is 9.79 Å². The Balaban J connectivity index is 1.90. The van der Waals surface area contributed by atoms with Crippen molar-refractivity contribution in [2.75, 3.05) is 0 Å². The number of nitrogens with zero attached hydrogens (tertiary/aromatic N) is 1. The summed E-state index contributed by atoms with van der Waals surface area (Å²) >= 11 is 0. The molecule has 1 amide bonds. The summed E-state index contributed by atoms with van der Waals surface area (Å²) in [6, 6.07) is 6.14. The molecule has 1 unspecified atom stereocenters. The lowest BCUT2D eigenvalue weighted by Gasteiger charge is -2.39. The van der Waals surface area contributed by atoms with Crippen LogP contribution in [0.5, 0.6) is 5.75 Å². The Bertz CT molecular complexity index is 858. The number of hydrogen-bond acceptors (Lipinski definition) is 3. The first-order chi connectivity index (χ1) is 10.2. The summed E-state index contributed by atoms with van der Waals surface area (Å²) in [5.41, 5.74) is 10.3. The van der Waals surface area contributed by atoms with E-state index in [4.69, 9.17) is 10.5 Å². The molecule has 5 rings (SSSR count). The summed E-state index contributed by atoms with van der Waals surface area (Å²) in [5.74, 6) is 1.27. The second-order valence-electron chi connectivity index (χ2n) is 5.82. The number of amides is 1. The van der Waals surface area contributed by atoms with Crippen molar-refractivity contribution in [3.8, 4) is 5.75 Å². The average molecular weight is 276 g/mol. The van der Waals surface area contributed by atoms with E-state index in [1.54, 1.807) is 6.08 Å². The Labute approximate surface area is 121 Å². The standard InChI is InChI=1S/C17H12N2O2/c18-16(20)10-6-11-12-7-9-2-1-3-13-15(9)17(11,4-5-19-12)14(8-10)21-13/h1-3,5-6,8H,4,7H2,(H2,18,20). The zero-order valence-electron chi connectivity index (χ0n) is 11.2. The lowest BCUT2D eigenvalue weighted by Crippen LogP contribution is -2.38. The number of aliphatic imine (C=N–C) groups is 1. The number of carbonyl (C=O) groups is 1. The molecule has 21 heavy (non-hydrogen) atoms. The van der Waals surface area contributed by atoms with Gasteiger partial charge in [-0.25, -0.2) is 0 Å². The normalized spacial score (nSPS) is 26.9. The van der Waals surface area contributed by atoms with Crippen LogP contribution in [-0.4, -0.2) is 12.1 Å². The van der Waals surface area contributed by atoms with Crippen molar-refractivity contribution in [2.24, 2.45) is 10.7 Å². The lowest BCUT2D eigenvalue weighted by atomic mass is 9.62. The summed E-state index contributed by atoms with van der Waals surface area (Å²) in [6.07, 6.45) is 7.19. The van der Waals surface area contributed by atoms with Gasteiger partial charge in [0.1, 0.15) is 11.5 Å². The lowest BCUT2D eigenvalue weighted by molar-refractivity contribution is -0.114. The van der Waals surface area contributed by atoms with Gasteiger partial charge in [-0.15, -0.1) is 0 Å². The van der Waals surface area contributed by atoms with Gasteiger partial charge in [0.25, 0.3) is 0 Å². The highest BCUT2D eigenvalue weighted by Gasteiger charge is 2.54. The predicted octanol–water partition coefficient (Wildman–Crippen LogP) is 1.91. The van der Waals surface area contributed by atoms with Gasteiger partial charge >= 0.3 is 0 Å². The third-order valence-electron chi connectivity index (χ3n) is 4.82. The van der Waals surface area contributed by atoms with E-state index in [0.717, 1.165) is 35.6 Å². The van der Waals surface area contributed by atoms with Gasteiger partial charge in [0.05, 0.1) is 5.41 Å². The quantitative estimate of drug-likeness (QED) is 0.851. The summed E-state index contributed by atoms with van der Waals surface area (Å²) in [6.45, 7) is 0. The summed E-state index contributed by atoms with van der Waals surface area (Å²) in [7, 11) is 0. The van der Waals surface area contributed by atoms with Gasteiger partial charge in [0, 0.05) is 35.9 Å². The maximum Gasteiger partial charge on any atom is 0.248 e. The Morgan fingerprint density at radius 2 is 2.24 bits per heavy atom. The van der Waals surface area contributed by atoms with Crippen LogP contribution in [-0.2, 0) is 16.6 Å². The fourth-order valence-electron chi connectivity index (χ4n) is 3.97. The first kappa shape index (κ1) is 11.1. The van der Waals surface area contributed by atoms with Crippen LogP contribution in [0.3, 0.4) is 0 Å². The first-order valence-corrected chi connectivity index (χ1v) is 7.00. The molecule has 1 aromatic carbocycles. The van der Waals surface area contributed by atoms with Crippen LogP contribution in [0.4, 0.5) is 0 Å². The van der Waals surface area contributed by atoms with E-state index in [-0.39, 0.29) is 5.41 Å². The molecular formula is C17H12N2O2. The summed E-state index contributed by atoms with van der Waals surface area (Å²) in [4.78, 5) is 16.2. The third-order valence-corrected chi connectivity index (χ3v) is 4.82. The number of hydrogen-bond donors (Lipinski definition) is 1. The number of rotatable bonds is 1. The van der Waals surface area contributed by atoms with Gasteiger partial charge in [0.2, 0.25) is 5.91 Å². The molecule has 1 aromatic rings. The van der Waals surface area contributed by atoms with Crippen molar-refractivity contribution in [3.05, 3.63) is 64.1 Å². The molecule has 1 atom stereocenters. The number of primary amides is 1. The van der Waals surface area contributed by atoms with E-state index in [0.29, 0.717) is 5.57 Å². The zero-order valence-corrected chi connectivity index (χ0v) is 11.2. The first-order valence-electron chi connectivity index (χ1n) is 7.00. The molecular weight excluding hydrogens is 264 g/mol. The largest absolute Gasteiger partial charge is 0.460 e. The Morgan fingerprint density at radius 1 is 1.33 bits per heavy atom. The minimum absolute atomic E-state index is 0.291. The highest BCUT2D eigenvalue weighted by molar-refractivity contribution is 5.97. The highest BCUT2D eigenvalue weighted by Crippen LogP contribution is 2.59. The van der Waals surface area contributed by atoms with Crippen molar-refractivity contribution in [1.29, 1.82) is 0 Å². The van der Waals surface area contributed by atoms with Crippen molar-refractivity contribution >= 4 is 12.1 Å². The van der Waals surface area contributed by atoms with Crippen molar-refractivity contribution in [1.82, 2.24) is 0 Å². The van der Waals surface area contributed by atoms with Gasteiger partial charge in [-0.05, 0) is 29.4 Å². The molecule has 0 saturated heterocycles. The van der Waals surface area contributed by atoms with Gasteiger partial charge < -0.3 is 10.5 Å². The van der Waals surface area contributed by atoms with Crippen LogP contribution in [0.2, 0.25) is 0 Å². The van der Waals surface area contributed by atoms with E-state index in [1.807, 2.05) is 24.4 Å². The number of ether oxygens (including phenoxy) is 1. The second-order valence-corrected chi connectivity index (χ2v) is 5.82. The smallest absolute Gasteiger partial charge is 0.248 e. The molecule has 4 nitrogen and oxygen atoms in total. The van der Waals surface area contributed by atoms with E-state index >= 15 is 0 Å². The minimum atomic E-state index is -0.433. The Kier molecular flexibility index (Phi) is 1.76. The predicted molar refractivity (Wildman–Crippen MR) is 77.9 cm³/mol. The molecule has 2 aliphatic heterocycles. The molecule has 2 aliphatic carbocycles. The number of allylic oxidation sites excluding steroid dienone is 3. The molecule has 1 spiro atoms. The second kappa shape index (κ2) is 3.34. The third kappa shape index (κ3) is 1.13. The van der Waals surface area contributed by atoms with Gasteiger partial charge in [0.15, 0.2) is 0 Å². The Morgan fingerprint density at radius 3 is 3.10 bits per heavy atom. The minimum Gasteiger partial charge on any atom is -0.460 e. The van der Waals surface area contributed by atoms with Crippen LogP contribution in [0.1, 0.15) is 17.5 Å². The highest BCUT2D eigenvalue weighted by atomic mass is 16.5. The van der Waals surface area contributed by atoms with E-state index in [2.05, 4.69) is 11.1 Å². The van der Waals surface area contributed by atoms with Gasteiger partial charge in [-0.2, -0.15) is 0 Å². The average Bonchev–Trinajstić information content (AvgIpc) is 2.78. The topological polar surface area (TPSA) is 64.7 Å². The van der Waals surface area contributed by atoms with E-state index < -0.39 is 5.91 Å². The fourth-order valence-corrected chi connectivity index (χ4v) is 3.97. The molecule has 0 radical (unpaired) electrons. The fraction of sp³-hybridized carbons (Fsp3) is 0.176. The Hall–Kier alpha value is -2.62. The van der Waals surface area contributed by atoms with Gasteiger partial charge in [-0.1, -0.05) is 12.1 Å². The molecule has 2 bridgehead atoms. The molecule has 0 fully saturated rings. The maximum atomic E-state index is 11.6. The SMILES string of the molecule is NC(=O)C1=CC2=C3Cc4cccc5c4C2(CC=N3)C(=C1)O5. The molecule has 2 N–H and O–H groups in total. The van der Waals surface area contributed by atoms with Crippen LogP contribution in [0, 0.1) is 0 Å². The van der Waals surface area contributed by atoms with Crippen LogP contribution in [0.15, 0.2) is 57.9 Å². The number of benzene rings is 1. The number of nitrogens with two attached hydrogens (primary N) is 1. The molecule has 4 heteroatoms. The molecule has 2 heterocycles. The van der Waals surface area contributed by atoms with Crippen LogP contribution < -0.4 is 10.5 Å². The van der Waals surface area contributed by atoms with Crippen molar-refractivity contribution < 1.29 is 9.53 Å². The van der Waals surface area contributed by atoms with E-state index in [1.165, 1.54) is 11.1 Å². The van der Waals surface area contributed by atoms with Crippen LogP contribution in [0.25, 0.3) is 0 Å². The molecule has 0 aromatic heterocycles. The van der Waals surface area contributed by atoms with E-state index in [9.17, 15) is 4.79 Å². The maximum absolute atomic E-state index is 11.6. The summed E-state index contributed by atoms with van der Waals surface area (Å²) < 4.78 is 6.08. The monoisotopic (exact) mass is 276 g/mol. The number of carbonyl (C=O) groups excluding carboxylic acids is 1. The van der Waals surface area contributed by atoms with Crippen LogP contribution >= 0.6 is 0 Å². The zero-order chi connectivity index (χ0) is 14.2. The molecule has 4 aliphatic rings. The van der Waals surface area contributed by atoms with Crippen molar-refractivity contribution in [2.45, 2.75) is 18.3 Å². The summed E-state index contributed by atoms with van der Waals surface area (Å²) in [5, 5.41) is 0. The van der Waals surface area contributed by atoms with Crippen molar-refractivity contribution in [3.63, 3.8) is 0 Å². The molecule has 102 valence electrons. The molecule has 0 saturated carbocycles.